The van der Waals surface area contributed by atoms with Crippen LogP contribution in [0, 0.1) is 0 Å². The average molecular weight is 277 g/mol. The Hall–Kier alpha value is -2.08. The SMILES string of the molecule is COc1ccccc1NC(=O)C(C)N1CCNC(=O)C1. The Balaban J connectivity index is 2.02. The Bertz CT molecular complexity index is 504. The van der Waals surface area contributed by atoms with Gasteiger partial charge in [0.2, 0.25) is 11.8 Å². The van der Waals surface area contributed by atoms with Crippen LogP contribution < -0.4 is 15.4 Å². The summed E-state index contributed by atoms with van der Waals surface area (Å²) >= 11 is 0. The number of hydrogen-bond acceptors (Lipinski definition) is 4. The van der Waals surface area contributed by atoms with Crippen molar-refractivity contribution in [2.45, 2.75) is 13.0 Å². The molecule has 0 aliphatic carbocycles. The van der Waals surface area contributed by atoms with E-state index in [9.17, 15) is 9.59 Å². The molecule has 108 valence electrons. The van der Waals surface area contributed by atoms with Crippen LogP contribution in [0.4, 0.5) is 5.69 Å². The molecule has 0 aromatic heterocycles. The van der Waals surface area contributed by atoms with Crippen LogP contribution in [0.3, 0.4) is 0 Å². The second kappa shape index (κ2) is 6.38. The van der Waals surface area contributed by atoms with Gasteiger partial charge in [-0.1, -0.05) is 12.1 Å². The smallest absolute Gasteiger partial charge is 0.241 e. The van der Waals surface area contributed by atoms with Gasteiger partial charge in [-0.3, -0.25) is 14.5 Å². The van der Waals surface area contributed by atoms with Crippen molar-refractivity contribution >= 4 is 17.5 Å². The molecule has 1 saturated heterocycles. The standard InChI is InChI=1S/C14H19N3O3/c1-10(17-8-7-15-13(18)9-17)14(19)16-11-5-3-4-6-12(11)20-2/h3-6,10H,7-9H2,1-2H3,(H,15,18)(H,16,19). The molecule has 2 amide bonds. The van der Waals surface area contributed by atoms with E-state index < -0.39 is 0 Å². The van der Waals surface area contributed by atoms with E-state index in [-0.39, 0.29) is 24.4 Å². The Kier molecular flexibility index (Phi) is 4.57. The summed E-state index contributed by atoms with van der Waals surface area (Å²) in [5, 5.41) is 5.58. The third kappa shape index (κ3) is 3.27. The maximum Gasteiger partial charge on any atom is 0.241 e. The predicted molar refractivity (Wildman–Crippen MR) is 75.7 cm³/mol. The van der Waals surface area contributed by atoms with E-state index >= 15 is 0 Å². The summed E-state index contributed by atoms with van der Waals surface area (Å²) in [6.07, 6.45) is 0. The molecular weight excluding hydrogens is 258 g/mol. The van der Waals surface area contributed by atoms with Gasteiger partial charge in [0.1, 0.15) is 5.75 Å². The number of ether oxygens (including phenoxy) is 1. The normalized spacial score (nSPS) is 17.2. The highest BCUT2D eigenvalue weighted by molar-refractivity contribution is 5.96. The lowest BCUT2D eigenvalue weighted by Gasteiger charge is -2.31. The number of benzene rings is 1. The van der Waals surface area contributed by atoms with Crippen molar-refractivity contribution in [3.63, 3.8) is 0 Å². The van der Waals surface area contributed by atoms with Gasteiger partial charge in [-0.2, -0.15) is 0 Å². The summed E-state index contributed by atoms with van der Waals surface area (Å²) in [6.45, 7) is 3.29. The Labute approximate surface area is 118 Å². The molecule has 0 bridgehead atoms. The molecule has 1 aliphatic heterocycles. The number of anilines is 1. The maximum atomic E-state index is 12.2. The van der Waals surface area contributed by atoms with Gasteiger partial charge < -0.3 is 15.4 Å². The van der Waals surface area contributed by atoms with E-state index in [1.54, 1.807) is 26.2 Å². The second-order valence-electron chi connectivity index (χ2n) is 4.69. The molecule has 1 aromatic rings. The minimum absolute atomic E-state index is 0.0480. The zero-order chi connectivity index (χ0) is 14.5. The van der Waals surface area contributed by atoms with Crippen molar-refractivity contribution in [2.24, 2.45) is 0 Å². The summed E-state index contributed by atoms with van der Waals surface area (Å²) in [4.78, 5) is 25.5. The van der Waals surface area contributed by atoms with Gasteiger partial charge in [0.25, 0.3) is 0 Å². The molecule has 1 atom stereocenters. The van der Waals surface area contributed by atoms with Crippen LogP contribution in [0.5, 0.6) is 5.75 Å². The Morgan fingerprint density at radius 3 is 2.90 bits per heavy atom. The molecule has 1 aliphatic rings. The minimum atomic E-state index is -0.369. The number of amides is 2. The molecule has 6 nitrogen and oxygen atoms in total. The molecule has 0 saturated carbocycles. The molecule has 0 spiro atoms. The number of hydrogen-bond donors (Lipinski definition) is 2. The largest absolute Gasteiger partial charge is 0.495 e. The van der Waals surface area contributed by atoms with Crippen LogP contribution in [-0.2, 0) is 9.59 Å². The fourth-order valence-corrected chi connectivity index (χ4v) is 2.14. The molecule has 1 fully saturated rings. The molecule has 1 unspecified atom stereocenters. The van der Waals surface area contributed by atoms with Crippen LogP contribution in [0.1, 0.15) is 6.92 Å². The van der Waals surface area contributed by atoms with E-state index in [1.807, 2.05) is 17.0 Å². The van der Waals surface area contributed by atoms with Gasteiger partial charge >= 0.3 is 0 Å². The third-order valence-corrected chi connectivity index (χ3v) is 3.36. The van der Waals surface area contributed by atoms with Crippen LogP contribution in [0.15, 0.2) is 24.3 Å². The fraction of sp³-hybridized carbons (Fsp3) is 0.429. The van der Waals surface area contributed by atoms with Crippen molar-refractivity contribution in [1.29, 1.82) is 0 Å². The number of carbonyl (C=O) groups is 2. The summed E-state index contributed by atoms with van der Waals surface area (Å²) in [6, 6.07) is 6.87. The lowest BCUT2D eigenvalue weighted by Crippen LogP contribution is -2.53. The molecule has 0 radical (unpaired) electrons. The molecule has 2 rings (SSSR count). The van der Waals surface area contributed by atoms with Gasteiger partial charge in [0.15, 0.2) is 0 Å². The van der Waals surface area contributed by atoms with Crippen LogP contribution in [0.2, 0.25) is 0 Å². The molecule has 1 aromatic carbocycles. The molecule has 2 N–H and O–H groups in total. The lowest BCUT2D eigenvalue weighted by atomic mass is 10.2. The fourth-order valence-electron chi connectivity index (χ4n) is 2.14. The number of rotatable bonds is 4. The highest BCUT2D eigenvalue weighted by Gasteiger charge is 2.26. The first kappa shape index (κ1) is 14.3. The Morgan fingerprint density at radius 1 is 1.45 bits per heavy atom. The number of nitrogens with one attached hydrogen (secondary N) is 2. The van der Waals surface area contributed by atoms with Crippen LogP contribution in [0.25, 0.3) is 0 Å². The first-order chi connectivity index (χ1) is 9.61. The molecule has 1 heterocycles. The van der Waals surface area contributed by atoms with Crippen LogP contribution in [-0.4, -0.2) is 49.5 Å². The number of para-hydroxylation sites is 2. The highest BCUT2D eigenvalue weighted by atomic mass is 16.5. The summed E-state index contributed by atoms with van der Waals surface area (Å²) < 4.78 is 5.20. The summed E-state index contributed by atoms with van der Waals surface area (Å²) in [7, 11) is 1.56. The maximum absolute atomic E-state index is 12.2. The highest BCUT2D eigenvalue weighted by Crippen LogP contribution is 2.23. The first-order valence-electron chi connectivity index (χ1n) is 6.56. The number of carbonyl (C=O) groups excluding carboxylic acids is 2. The molecule has 20 heavy (non-hydrogen) atoms. The van der Waals surface area contributed by atoms with Crippen molar-refractivity contribution in [2.75, 3.05) is 32.1 Å². The van der Waals surface area contributed by atoms with Crippen molar-refractivity contribution < 1.29 is 14.3 Å². The van der Waals surface area contributed by atoms with Crippen LogP contribution >= 0.6 is 0 Å². The van der Waals surface area contributed by atoms with Crippen molar-refractivity contribution in [3.8, 4) is 5.75 Å². The van der Waals surface area contributed by atoms with E-state index in [0.717, 1.165) is 0 Å². The zero-order valence-corrected chi connectivity index (χ0v) is 11.7. The number of nitrogens with zero attached hydrogens (tertiary/aromatic N) is 1. The van der Waals surface area contributed by atoms with E-state index in [2.05, 4.69) is 10.6 Å². The van der Waals surface area contributed by atoms with Crippen molar-refractivity contribution in [1.82, 2.24) is 10.2 Å². The van der Waals surface area contributed by atoms with Crippen molar-refractivity contribution in [3.05, 3.63) is 24.3 Å². The molecular formula is C14H19N3O3. The van der Waals surface area contributed by atoms with Gasteiger partial charge in [0.05, 0.1) is 25.4 Å². The lowest BCUT2D eigenvalue weighted by molar-refractivity contribution is -0.127. The molecule has 6 heteroatoms. The summed E-state index contributed by atoms with van der Waals surface area (Å²) in [5.41, 5.74) is 0.633. The van der Waals surface area contributed by atoms with E-state index in [1.165, 1.54) is 0 Å². The first-order valence-corrected chi connectivity index (χ1v) is 6.56. The van der Waals surface area contributed by atoms with Gasteiger partial charge in [-0.05, 0) is 19.1 Å². The monoisotopic (exact) mass is 277 g/mol. The third-order valence-electron chi connectivity index (χ3n) is 3.36. The quantitative estimate of drug-likeness (QED) is 0.838. The average Bonchev–Trinajstić information content (AvgIpc) is 2.47. The van der Waals surface area contributed by atoms with E-state index in [0.29, 0.717) is 24.5 Å². The minimum Gasteiger partial charge on any atom is -0.495 e. The topological polar surface area (TPSA) is 70.7 Å². The van der Waals surface area contributed by atoms with Gasteiger partial charge in [0, 0.05) is 13.1 Å². The van der Waals surface area contributed by atoms with Gasteiger partial charge in [-0.25, -0.2) is 0 Å². The second-order valence-corrected chi connectivity index (χ2v) is 4.69. The Morgan fingerprint density at radius 2 is 2.20 bits per heavy atom. The predicted octanol–water partition coefficient (Wildman–Crippen LogP) is 0.454. The zero-order valence-electron chi connectivity index (χ0n) is 11.7. The number of piperazine rings is 1. The van der Waals surface area contributed by atoms with E-state index in [4.69, 9.17) is 4.74 Å². The van der Waals surface area contributed by atoms with Gasteiger partial charge in [-0.15, -0.1) is 0 Å². The number of methoxy groups -OCH3 is 1. The summed E-state index contributed by atoms with van der Waals surface area (Å²) in [5.74, 6) is 0.418.